The molecule has 6 heteroatoms. The number of carboxylic acids is 1. The molecule has 0 bridgehead atoms. The van der Waals surface area contributed by atoms with Gasteiger partial charge in [-0.25, -0.2) is 9.78 Å². The van der Waals surface area contributed by atoms with Crippen molar-refractivity contribution in [1.29, 1.82) is 0 Å². The molecule has 2 aromatic rings. The number of fused-ring (bicyclic) bond motifs is 1. The van der Waals surface area contributed by atoms with Crippen LogP contribution in [0.5, 0.6) is 5.88 Å². The molecule has 0 amide bonds. The highest BCUT2D eigenvalue weighted by Crippen LogP contribution is 2.22. The van der Waals surface area contributed by atoms with Crippen LogP contribution >= 0.6 is 0 Å². The Balaban J connectivity index is 2.06. The van der Waals surface area contributed by atoms with Crippen LogP contribution in [-0.4, -0.2) is 49.6 Å². The molecular formula is C15H17NO5. The highest BCUT2D eigenvalue weighted by Gasteiger charge is 2.14. The van der Waals surface area contributed by atoms with E-state index in [0.717, 1.165) is 5.39 Å². The van der Waals surface area contributed by atoms with Crippen molar-refractivity contribution in [2.24, 2.45) is 0 Å². The molecule has 0 aliphatic carbocycles. The normalized spacial score (nSPS) is 10.7. The van der Waals surface area contributed by atoms with Gasteiger partial charge in [-0.15, -0.1) is 0 Å². The fourth-order valence-electron chi connectivity index (χ4n) is 1.80. The number of ether oxygens (including phenoxy) is 3. The highest BCUT2D eigenvalue weighted by molar-refractivity contribution is 5.95. The lowest BCUT2D eigenvalue weighted by Gasteiger charge is -2.10. The summed E-state index contributed by atoms with van der Waals surface area (Å²) in [6.07, 6.45) is 0. The Morgan fingerprint density at radius 2 is 1.95 bits per heavy atom. The van der Waals surface area contributed by atoms with E-state index in [4.69, 9.17) is 14.2 Å². The monoisotopic (exact) mass is 291 g/mol. The number of hydrogen-bond donors (Lipinski definition) is 1. The number of benzene rings is 1. The molecule has 0 atom stereocenters. The molecule has 1 aromatic heterocycles. The lowest BCUT2D eigenvalue weighted by atomic mass is 10.1. The number of methoxy groups -OCH3 is 1. The Morgan fingerprint density at radius 1 is 1.19 bits per heavy atom. The van der Waals surface area contributed by atoms with Gasteiger partial charge in [0.15, 0.2) is 0 Å². The van der Waals surface area contributed by atoms with Gasteiger partial charge in [0, 0.05) is 12.5 Å². The standard InChI is InChI=1S/C15H17NO5/c1-19-6-7-20-8-9-21-14-12(15(17)18)10-11-4-2-3-5-13(11)16-14/h2-5,10H,6-9H2,1H3,(H,17,18). The van der Waals surface area contributed by atoms with Crippen LogP contribution in [0.25, 0.3) is 10.9 Å². The second-order valence-electron chi connectivity index (χ2n) is 4.29. The molecule has 0 unspecified atom stereocenters. The summed E-state index contributed by atoms with van der Waals surface area (Å²) in [4.78, 5) is 15.5. The summed E-state index contributed by atoms with van der Waals surface area (Å²) in [5.41, 5.74) is 0.739. The van der Waals surface area contributed by atoms with Crippen molar-refractivity contribution < 1.29 is 24.1 Å². The number of pyridine rings is 1. The first-order valence-corrected chi connectivity index (χ1v) is 6.55. The van der Waals surface area contributed by atoms with Crippen LogP contribution < -0.4 is 4.74 Å². The Kier molecular flexibility index (Phi) is 5.48. The molecule has 21 heavy (non-hydrogen) atoms. The molecule has 0 fully saturated rings. The van der Waals surface area contributed by atoms with E-state index < -0.39 is 5.97 Å². The predicted molar refractivity (Wildman–Crippen MR) is 76.9 cm³/mol. The Bertz CT molecular complexity index is 614. The zero-order chi connectivity index (χ0) is 15.1. The van der Waals surface area contributed by atoms with E-state index in [1.54, 1.807) is 13.2 Å². The molecule has 1 N–H and O–H groups in total. The van der Waals surface area contributed by atoms with Gasteiger partial charge in [-0.2, -0.15) is 0 Å². The summed E-state index contributed by atoms with van der Waals surface area (Å²) < 4.78 is 15.5. The fourth-order valence-corrected chi connectivity index (χ4v) is 1.80. The number of aromatic nitrogens is 1. The molecule has 2 rings (SSSR count). The summed E-state index contributed by atoms with van der Waals surface area (Å²) in [6.45, 7) is 1.55. The second-order valence-corrected chi connectivity index (χ2v) is 4.29. The van der Waals surface area contributed by atoms with Crippen LogP contribution in [0.15, 0.2) is 30.3 Å². The zero-order valence-corrected chi connectivity index (χ0v) is 11.7. The van der Waals surface area contributed by atoms with Crippen LogP contribution in [0, 0.1) is 0 Å². The van der Waals surface area contributed by atoms with Crippen molar-refractivity contribution in [2.45, 2.75) is 0 Å². The van der Waals surface area contributed by atoms with Crippen LogP contribution in [0.3, 0.4) is 0 Å². The number of carboxylic acid groups (broad SMARTS) is 1. The average Bonchev–Trinajstić information content (AvgIpc) is 2.49. The third-order valence-electron chi connectivity index (χ3n) is 2.82. The maximum Gasteiger partial charge on any atom is 0.341 e. The molecular weight excluding hydrogens is 274 g/mol. The first-order valence-electron chi connectivity index (χ1n) is 6.55. The smallest absolute Gasteiger partial charge is 0.341 e. The lowest BCUT2D eigenvalue weighted by molar-refractivity contribution is 0.0528. The molecule has 1 aromatic carbocycles. The third-order valence-corrected chi connectivity index (χ3v) is 2.82. The van der Waals surface area contributed by atoms with Crippen molar-refractivity contribution in [3.63, 3.8) is 0 Å². The minimum Gasteiger partial charge on any atom is -0.477 e. The Labute approximate surface area is 122 Å². The van der Waals surface area contributed by atoms with Gasteiger partial charge >= 0.3 is 5.97 Å². The third kappa shape index (κ3) is 4.14. The summed E-state index contributed by atoms with van der Waals surface area (Å²) in [5.74, 6) is -0.958. The molecule has 1 heterocycles. The molecule has 0 radical (unpaired) electrons. The number of nitrogens with zero attached hydrogens (tertiary/aromatic N) is 1. The van der Waals surface area contributed by atoms with Crippen molar-refractivity contribution in [3.05, 3.63) is 35.9 Å². The van der Waals surface area contributed by atoms with Gasteiger partial charge in [0.05, 0.1) is 25.3 Å². The molecule has 0 aliphatic rings. The Morgan fingerprint density at radius 3 is 2.71 bits per heavy atom. The number of hydrogen-bond acceptors (Lipinski definition) is 5. The van der Waals surface area contributed by atoms with E-state index in [-0.39, 0.29) is 18.1 Å². The summed E-state index contributed by atoms with van der Waals surface area (Å²) in [7, 11) is 1.60. The molecule has 6 nitrogen and oxygen atoms in total. The van der Waals surface area contributed by atoms with E-state index in [1.165, 1.54) is 0 Å². The molecule has 0 aliphatic heterocycles. The lowest BCUT2D eigenvalue weighted by Crippen LogP contribution is -2.12. The van der Waals surface area contributed by atoms with E-state index >= 15 is 0 Å². The van der Waals surface area contributed by atoms with E-state index in [2.05, 4.69) is 4.98 Å². The highest BCUT2D eigenvalue weighted by atomic mass is 16.5. The largest absolute Gasteiger partial charge is 0.477 e. The maximum absolute atomic E-state index is 11.3. The molecule has 0 saturated heterocycles. The summed E-state index contributed by atoms with van der Waals surface area (Å²) in [6, 6.07) is 8.86. The van der Waals surface area contributed by atoms with Gasteiger partial charge in [-0.3, -0.25) is 0 Å². The van der Waals surface area contributed by atoms with Crippen molar-refractivity contribution >= 4 is 16.9 Å². The Hall–Kier alpha value is -2.18. The van der Waals surface area contributed by atoms with Gasteiger partial charge in [0.2, 0.25) is 5.88 Å². The summed E-state index contributed by atoms with van der Waals surface area (Å²) in [5, 5.41) is 9.99. The zero-order valence-electron chi connectivity index (χ0n) is 11.7. The van der Waals surface area contributed by atoms with E-state index in [0.29, 0.717) is 25.3 Å². The van der Waals surface area contributed by atoms with E-state index in [1.807, 2.05) is 24.3 Å². The fraction of sp³-hybridized carbons (Fsp3) is 0.333. The van der Waals surface area contributed by atoms with E-state index in [9.17, 15) is 9.90 Å². The van der Waals surface area contributed by atoms with Crippen molar-refractivity contribution in [3.8, 4) is 5.88 Å². The van der Waals surface area contributed by atoms with Crippen LogP contribution in [0.1, 0.15) is 10.4 Å². The first-order chi connectivity index (χ1) is 10.2. The van der Waals surface area contributed by atoms with Gasteiger partial charge < -0.3 is 19.3 Å². The molecule has 0 saturated carbocycles. The van der Waals surface area contributed by atoms with Crippen LogP contribution in [-0.2, 0) is 9.47 Å². The van der Waals surface area contributed by atoms with Gasteiger partial charge in [0.1, 0.15) is 12.2 Å². The number of aromatic carboxylic acids is 1. The van der Waals surface area contributed by atoms with Crippen molar-refractivity contribution in [2.75, 3.05) is 33.5 Å². The number of rotatable bonds is 8. The van der Waals surface area contributed by atoms with Gasteiger partial charge in [0.25, 0.3) is 0 Å². The predicted octanol–water partition coefficient (Wildman–Crippen LogP) is 1.97. The second kappa shape index (κ2) is 7.56. The number of carbonyl (C=O) groups is 1. The quantitative estimate of drug-likeness (QED) is 0.749. The average molecular weight is 291 g/mol. The first kappa shape index (κ1) is 15.2. The van der Waals surface area contributed by atoms with Gasteiger partial charge in [-0.05, 0) is 12.1 Å². The summed E-state index contributed by atoms with van der Waals surface area (Å²) >= 11 is 0. The van der Waals surface area contributed by atoms with Gasteiger partial charge in [-0.1, -0.05) is 18.2 Å². The topological polar surface area (TPSA) is 77.9 Å². The van der Waals surface area contributed by atoms with Crippen LogP contribution in [0.2, 0.25) is 0 Å². The SMILES string of the molecule is COCCOCCOc1nc2ccccc2cc1C(=O)O. The minimum absolute atomic E-state index is 0.0468. The molecule has 0 spiro atoms. The van der Waals surface area contributed by atoms with Crippen molar-refractivity contribution in [1.82, 2.24) is 4.98 Å². The number of para-hydroxylation sites is 1. The minimum atomic E-state index is -1.07. The van der Waals surface area contributed by atoms with Crippen LogP contribution in [0.4, 0.5) is 0 Å². The molecule has 112 valence electrons. The maximum atomic E-state index is 11.3.